The SMILES string of the molecule is CCCNc1nc(C)cc(N(CCC)CC(F)(F)F)n1. The molecule has 0 unspecified atom stereocenters. The third-order valence-electron chi connectivity index (χ3n) is 2.56. The van der Waals surface area contributed by atoms with E-state index in [1.165, 1.54) is 4.90 Å². The van der Waals surface area contributed by atoms with Crippen LogP contribution in [-0.2, 0) is 0 Å². The Balaban J connectivity index is 2.96. The Hall–Kier alpha value is -1.53. The average molecular weight is 290 g/mol. The molecule has 4 nitrogen and oxygen atoms in total. The van der Waals surface area contributed by atoms with Crippen molar-refractivity contribution in [1.82, 2.24) is 9.97 Å². The third-order valence-corrected chi connectivity index (χ3v) is 2.56. The van der Waals surface area contributed by atoms with Gasteiger partial charge in [-0.15, -0.1) is 0 Å². The monoisotopic (exact) mass is 290 g/mol. The van der Waals surface area contributed by atoms with Gasteiger partial charge in [-0.25, -0.2) is 4.98 Å². The molecule has 7 heteroatoms. The highest BCUT2D eigenvalue weighted by molar-refractivity contribution is 5.45. The van der Waals surface area contributed by atoms with Crippen molar-refractivity contribution >= 4 is 11.8 Å². The second-order valence-corrected chi connectivity index (χ2v) is 4.65. The highest BCUT2D eigenvalue weighted by atomic mass is 19.4. The first-order valence-electron chi connectivity index (χ1n) is 6.77. The standard InChI is InChI=1S/C13H21F3N4/c1-4-6-17-12-18-10(3)8-11(19-12)20(7-5-2)9-13(14,15)16/h8H,4-7,9H2,1-3H3,(H,17,18,19). The maximum absolute atomic E-state index is 12.6. The zero-order chi connectivity index (χ0) is 15.2. The van der Waals surface area contributed by atoms with E-state index < -0.39 is 12.7 Å². The third kappa shape index (κ3) is 5.63. The van der Waals surface area contributed by atoms with Gasteiger partial charge in [0.25, 0.3) is 0 Å². The number of alkyl halides is 3. The molecule has 1 heterocycles. The van der Waals surface area contributed by atoms with Gasteiger partial charge in [-0.2, -0.15) is 18.2 Å². The number of aromatic nitrogens is 2. The molecule has 0 saturated carbocycles. The number of halogens is 3. The second-order valence-electron chi connectivity index (χ2n) is 4.65. The Labute approximate surface area is 117 Å². The Morgan fingerprint density at radius 3 is 2.45 bits per heavy atom. The van der Waals surface area contributed by atoms with Crippen molar-refractivity contribution in [2.75, 3.05) is 29.9 Å². The number of nitrogens with zero attached hydrogens (tertiary/aromatic N) is 3. The fourth-order valence-electron chi connectivity index (χ4n) is 1.79. The van der Waals surface area contributed by atoms with E-state index in [4.69, 9.17) is 0 Å². The van der Waals surface area contributed by atoms with Crippen molar-refractivity contribution in [3.8, 4) is 0 Å². The fraction of sp³-hybridized carbons (Fsp3) is 0.692. The Kier molecular flexibility index (Phi) is 6.04. The van der Waals surface area contributed by atoms with Gasteiger partial charge in [-0.1, -0.05) is 13.8 Å². The van der Waals surface area contributed by atoms with E-state index in [-0.39, 0.29) is 0 Å². The Bertz CT molecular complexity index is 421. The molecule has 0 atom stereocenters. The van der Waals surface area contributed by atoms with E-state index >= 15 is 0 Å². The predicted molar refractivity (Wildman–Crippen MR) is 74.1 cm³/mol. The van der Waals surface area contributed by atoms with Crippen LogP contribution >= 0.6 is 0 Å². The number of aryl methyl sites for hydroxylation is 1. The summed E-state index contributed by atoms with van der Waals surface area (Å²) in [5.74, 6) is 0.695. The average Bonchev–Trinajstić information content (AvgIpc) is 2.33. The first kappa shape index (κ1) is 16.5. The van der Waals surface area contributed by atoms with E-state index in [1.807, 2.05) is 13.8 Å². The molecule has 0 spiro atoms. The lowest BCUT2D eigenvalue weighted by Gasteiger charge is -2.25. The number of hydrogen-bond donors (Lipinski definition) is 1. The highest BCUT2D eigenvalue weighted by Gasteiger charge is 2.31. The molecule has 0 fully saturated rings. The topological polar surface area (TPSA) is 41.1 Å². The lowest BCUT2D eigenvalue weighted by atomic mass is 10.3. The minimum absolute atomic E-state index is 0.309. The zero-order valence-electron chi connectivity index (χ0n) is 12.1. The van der Waals surface area contributed by atoms with Gasteiger partial charge < -0.3 is 10.2 Å². The number of rotatable bonds is 7. The minimum Gasteiger partial charge on any atom is -0.354 e. The van der Waals surface area contributed by atoms with Crippen LogP contribution in [0.2, 0.25) is 0 Å². The summed E-state index contributed by atoms with van der Waals surface area (Å²) in [6.45, 7) is 5.59. The van der Waals surface area contributed by atoms with Crippen molar-refractivity contribution in [3.05, 3.63) is 11.8 Å². The molecule has 20 heavy (non-hydrogen) atoms. The Morgan fingerprint density at radius 1 is 1.20 bits per heavy atom. The van der Waals surface area contributed by atoms with Gasteiger partial charge in [0.2, 0.25) is 5.95 Å². The van der Waals surface area contributed by atoms with Crippen molar-refractivity contribution in [2.45, 2.75) is 39.8 Å². The molecule has 0 aliphatic carbocycles. The zero-order valence-corrected chi connectivity index (χ0v) is 12.1. The molecule has 0 aliphatic heterocycles. The van der Waals surface area contributed by atoms with Crippen molar-refractivity contribution < 1.29 is 13.2 Å². The first-order valence-corrected chi connectivity index (χ1v) is 6.77. The smallest absolute Gasteiger partial charge is 0.354 e. The second kappa shape index (κ2) is 7.31. The number of anilines is 2. The van der Waals surface area contributed by atoms with Crippen LogP contribution in [0.15, 0.2) is 6.07 Å². The first-order chi connectivity index (χ1) is 9.35. The van der Waals surface area contributed by atoms with E-state index in [0.717, 1.165) is 6.42 Å². The van der Waals surface area contributed by atoms with Crippen molar-refractivity contribution in [2.24, 2.45) is 0 Å². The summed E-state index contributed by atoms with van der Waals surface area (Å²) >= 11 is 0. The molecule has 1 N–H and O–H groups in total. The molecular weight excluding hydrogens is 269 g/mol. The van der Waals surface area contributed by atoms with Crippen LogP contribution in [0.3, 0.4) is 0 Å². The van der Waals surface area contributed by atoms with Gasteiger partial charge in [0.15, 0.2) is 0 Å². The van der Waals surface area contributed by atoms with Crippen LogP contribution in [0, 0.1) is 6.92 Å². The summed E-state index contributed by atoms with van der Waals surface area (Å²) in [5.41, 5.74) is 0.650. The molecule has 1 aromatic heterocycles. The minimum atomic E-state index is -4.25. The maximum atomic E-state index is 12.6. The summed E-state index contributed by atoms with van der Waals surface area (Å²) in [7, 11) is 0. The lowest BCUT2D eigenvalue weighted by Crippen LogP contribution is -2.35. The molecular formula is C13H21F3N4. The summed E-state index contributed by atoms with van der Waals surface area (Å²) < 4.78 is 37.9. The van der Waals surface area contributed by atoms with Crippen molar-refractivity contribution in [3.63, 3.8) is 0 Å². The molecule has 1 aromatic rings. The molecule has 0 radical (unpaired) electrons. The van der Waals surface area contributed by atoms with Crippen LogP contribution in [0.1, 0.15) is 32.4 Å². The van der Waals surface area contributed by atoms with Crippen LogP contribution in [0.25, 0.3) is 0 Å². The van der Waals surface area contributed by atoms with E-state index in [2.05, 4.69) is 15.3 Å². The van der Waals surface area contributed by atoms with Crippen LogP contribution < -0.4 is 10.2 Å². The van der Waals surface area contributed by atoms with Crippen LogP contribution in [-0.4, -0.2) is 35.8 Å². The number of nitrogens with one attached hydrogen (secondary N) is 1. The normalized spacial score (nSPS) is 11.5. The van der Waals surface area contributed by atoms with E-state index in [9.17, 15) is 13.2 Å². The fourth-order valence-corrected chi connectivity index (χ4v) is 1.79. The molecule has 1 rings (SSSR count). The lowest BCUT2D eigenvalue weighted by molar-refractivity contribution is -0.119. The van der Waals surface area contributed by atoms with E-state index in [1.54, 1.807) is 13.0 Å². The maximum Gasteiger partial charge on any atom is 0.405 e. The predicted octanol–water partition coefficient (Wildman–Crippen LogP) is 3.39. The van der Waals surface area contributed by atoms with Crippen LogP contribution in [0.5, 0.6) is 0 Å². The Morgan fingerprint density at radius 2 is 1.90 bits per heavy atom. The van der Waals surface area contributed by atoms with Crippen molar-refractivity contribution in [1.29, 1.82) is 0 Å². The quantitative estimate of drug-likeness (QED) is 0.835. The molecule has 0 aromatic carbocycles. The van der Waals surface area contributed by atoms with Gasteiger partial charge in [0.1, 0.15) is 12.4 Å². The molecule has 0 aliphatic rings. The number of hydrogen-bond acceptors (Lipinski definition) is 4. The van der Waals surface area contributed by atoms with Gasteiger partial charge in [-0.05, 0) is 19.8 Å². The largest absolute Gasteiger partial charge is 0.405 e. The molecule has 114 valence electrons. The summed E-state index contributed by atoms with van der Waals surface area (Å²) in [4.78, 5) is 9.60. The van der Waals surface area contributed by atoms with Gasteiger partial charge in [0.05, 0.1) is 0 Å². The summed E-state index contributed by atoms with van der Waals surface area (Å²) in [5, 5.41) is 3.01. The summed E-state index contributed by atoms with van der Waals surface area (Å²) in [6, 6.07) is 1.58. The van der Waals surface area contributed by atoms with Crippen LogP contribution in [0.4, 0.5) is 24.9 Å². The highest BCUT2D eigenvalue weighted by Crippen LogP contribution is 2.22. The van der Waals surface area contributed by atoms with E-state index in [0.29, 0.717) is 37.0 Å². The summed E-state index contributed by atoms with van der Waals surface area (Å²) in [6.07, 6.45) is -2.73. The molecule has 0 saturated heterocycles. The molecule has 0 bridgehead atoms. The van der Waals surface area contributed by atoms with Gasteiger partial charge >= 0.3 is 6.18 Å². The van der Waals surface area contributed by atoms with Gasteiger partial charge in [-0.3, -0.25) is 0 Å². The molecule has 0 amide bonds. The van der Waals surface area contributed by atoms with Gasteiger partial charge in [0, 0.05) is 24.8 Å².